The number of urea groups is 1. The Labute approximate surface area is 195 Å². The van der Waals surface area contributed by atoms with Gasteiger partial charge in [0.25, 0.3) is 0 Å². The maximum atomic E-state index is 13.6. The molecule has 10 heteroatoms. The highest BCUT2D eigenvalue weighted by Crippen LogP contribution is 2.29. The van der Waals surface area contributed by atoms with E-state index >= 15 is 0 Å². The maximum absolute atomic E-state index is 13.6. The number of fused-ring (bicyclic) bond motifs is 1. The Morgan fingerprint density at radius 1 is 1.06 bits per heavy atom. The summed E-state index contributed by atoms with van der Waals surface area (Å²) in [6, 6.07) is 14.2. The summed E-state index contributed by atoms with van der Waals surface area (Å²) in [4.78, 5) is 21.2. The van der Waals surface area contributed by atoms with E-state index in [-0.39, 0.29) is 36.1 Å². The zero-order valence-electron chi connectivity index (χ0n) is 18.4. The van der Waals surface area contributed by atoms with Crippen LogP contribution in [-0.4, -0.2) is 60.6 Å². The highest BCUT2D eigenvalue weighted by atomic mass is 19.1. The number of amides is 2. The molecule has 5 rings (SSSR count). The molecule has 176 valence electrons. The molecule has 0 spiro atoms. The first-order valence-electron chi connectivity index (χ1n) is 10.9. The van der Waals surface area contributed by atoms with Gasteiger partial charge in [-0.1, -0.05) is 12.1 Å². The zero-order valence-corrected chi connectivity index (χ0v) is 18.4. The third-order valence-electron chi connectivity index (χ3n) is 5.81. The van der Waals surface area contributed by atoms with Gasteiger partial charge in [0.2, 0.25) is 5.95 Å². The number of anilines is 2. The van der Waals surface area contributed by atoms with Gasteiger partial charge in [0, 0.05) is 17.4 Å². The van der Waals surface area contributed by atoms with E-state index in [1.807, 2.05) is 0 Å². The summed E-state index contributed by atoms with van der Waals surface area (Å²) in [5, 5.41) is 8.98. The predicted molar refractivity (Wildman–Crippen MR) is 123 cm³/mol. The van der Waals surface area contributed by atoms with Gasteiger partial charge in [0.1, 0.15) is 23.8 Å². The number of hydrogen-bond donors (Lipinski definition) is 3. The Kier molecular flexibility index (Phi) is 6.24. The fourth-order valence-electron chi connectivity index (χ4n) is 4.16. The summed E-state index contributed by atoms with van der Waals surface area (Å²) in [6.07, 6.45) is 1.05. The largest absolute Gasteiger partial charge is 0.497 e. The SMILES string of the molecule is COc1ccc(NC(=O)N[C@H]2CO[C@H]3[C@@H]2OC[C@@H]3Nc2nccc(-c3cccc(F)c3)n2)cc1. The normalized spacial score (nSPS) is 23.2. The molecule has 2 saturated heterocycles. The van der Waals surface area contributed by atoms with E-state index in [1.54, 1.807) is 55.8 Å². The molecule has 1 aromatic heterocycles. The monoisotopic (exact) mass is 465 g/mol. The second kappa shape index (κ2) is 9.62. The van der Waals surface area contributed by atoms with Crippen molar-refractivity contribution in [2.24, 2.45) is 0 Å². The highest BCUT2D eigenvalue weighted by molar-refractivity contribution is 5.89. The standard InChI is InChI=1S/C24H24FN5O4/c1-32-17-7-5-16(6-8-17)27-24(31)30-20-13-34-21-19(12-33-22(20)21)29-23-26-10-9-18(28-23)14-3-2-4-15(25)11-14/h2-11,19-22H,12-13H2,1H3,(H,26,28,29)(H2,27,30,31)/t19-,20-,21+,22+/m0/s1. The topological polar surface area (TPSA) is 107 Å². The van der Waals surface area contributed by atoms with Crippen LogP contribution in [0.4, 0.5) is 20.8 Å². The van der Waals surface area contributed by atoms with Crippen LogP contribution in [0.5, 0.6) is 5.75 Å². The Bertz CT molecular complexity index is 1160. The van der Waals surface area contributed by atoms with Crippen LogP contribution < -0.4 is 20.7 Å². The number of ether oxygens (including phenoxy) is 3. The van der Waals surface area contributed by atoms with Crippen molar-refractivity contribution in [1.29, 1.82) is 0 Å². The van der Waals surface area contributed by atoms with E-state index in [0.717, 1.165) is 0 Å². The van der Waals surface area contributed by atoms with Crippen LogP contribution in [0.15, 0.2) is 60.8 Å². The number of rotatable bonds is 6. The Morgan fingerprint density at radius 2 is 1.82 bits per heavy atom. The van der Waals surface area contributed by atoms with Gasteiger partial charge in [0.15, 0.2) is 0 Å². The first-order chi connectivity index (χ1) is 16.6. The summed E-state index contributed by atoms with van der Waals surface area (Å²) in [5.74, 6) is 0.779. The second-order valence-electron chi connectivity index (χ2n) is 8.06. The van der Waals surface area contributed by atoms with Gasteiger partial charge in [-0.3, -0.25) is 0 Å². The molecule has 9 nitrogen and oxygen atoms in total. The quantitative estimate of drug-likeness (QED) is 0.514. The van der Waals surface area contributed by atoms with Crippen LogP contribution in [0.3, 0.4) is 0 Å². The molecule has 2 aromatic carbocycles. The zero-order chi connectivity index (χ0) is 23.5. The number of nitrogens with zero attached hydrogens (tertiary/aromatic N) is 2. The minimum absolute atomic E-state index is 0.191. The van der Waals surface area contributed by atoms with Crippen molar-refractivity contribution in [3.8, 4) is 17.0 Å². The molecule has 34 heavy (non-hydrogen) atoms. The van der Waals surface area contributed by atoms with E-state index in [9.17, 15) is 9.18 Å². The van der Waals surface area contributed by atoms with Crippen LogP contribution >= 0.6 is 0 Å². The molecule has 3 heterocycles. The third-order valence-corrected chi connectivity index (χ3v) is 5.81. The molecule has 2 fully saturated rings. The Balaban J connectivity index is 1.18. The van der Waals surface area contributed by atoms with Crippen molar-refractivity contribution in [3.05, 3.63) is 66.6 Å². The Morgan fingerprint density at radius 3 is 2.59 bits per heavy atom. The first-order valence-corrected chi connectivity index (χ1v) is 10.9. The highest BCUT2D eigenvalue weighted by Gasteiger charge is 2.48. The smallest absolute Gasteiger partial charge is 0.319 e. The average molecular weight is 465 g/mol. The van der Waals surface area contributed by atoms with Gasteiger partial charge in [-0.25, -0.2) is 19.2 Å². The van der Waals surface area contributed by atoms with E-state index < -0.39 is 0 Å². The van der Waals surface area contributed by atoms with Crippen molar-refractivity contribution in [2.45, 2.75) is 24.3 Å². The van der Waals surface area contributed by atoms with Crippen LogP contribution in [0.2, 0.25) is 0 Å². The van der Waals surface area contributed by atoms with Gasteiger partial charge < -0.3 is 30.2 Å². The molecule has 3 aromatic rings. The summed E-state index contributed by atoms with van der Waals surface area (Å²) in [6.45, 7) is 0.703. The molecule has 0 saturated carbocycles. The van der Waals surface area contributed by atoms with Crippen molar-refractivity contribution in [3.63, 3.8) is 0 Å². The molecular formula is C24H24FN5O4. The lowest BCUT2D eigenvalue weighted by atomic mass is 10.1. The number of carbonyl (C=O) groups excluding carboxylic acids is 1. The lowest BCUT2D eigenvalue weighted by Crippen LogP contribution is -2.46. The predicted octanol–water partition coefficient (Wildman–Crippen LogP) is 3.06. The number of carbonyl (C=O) groups is 1. The number of nitrogens with one attached hydrogen (secondary N) is 3. The molecule has 0 bridgehead atoms. The second-order valence-corrected chi connectivity index (χ2v) is 8.06. The molecule has 2 aliphatic heterocycles. The number of benzene rings is 2. The van der Waals surface area contributed by atoms with E-state index in [0.29, 0.717) is 41.9 Å². The van der Waals surface area contributed by atoms with Crippen molar-refractivity contribution in [1.82, 2.24) is 15.3 Å². The first kappa shape index (κ1) is 22.1. The maximum Gasteiger partial charge on any atom is 0.319 e. The van der Waals surface area contributed by atoms with E-state index in [1.165, 1.54) is 12.1 Å². The van der Waals surface area contributed by atoms with Gasteiger partial charge >= 0.3 is 6.03 Å². The van der Waals surface area contributed by atoms with Crippen molar-refractivity contribution >= 4 is 17.7 Å². The summed E-state index contributed by atoms with van der Waals surface area (Å²) in [7, 11) is 1.59. The van der Waals surface area contributed by atoms with Crippen LogP contribution in [0.25, 0.3) is 11.3 Å². The molecule has 3 N–H and O–H groups in total. The molecule has 4 atom stereocenters. The lowest BCUT2D eigenvalue weighted by Gasteiger charge is -2.19. The third kappa shape index (κ3) is 4.78. The number of hydrogen-bond acceptors (Lipinski definition) is 7. The lowest BCUT2D eigenvalue weighted by molar-refractivity contribution is 0.0683. The number of halogens is 1. The van der Waals surface area contributed by atoms with Crippen molar-refractivity contribution < 1.29 is 23.4 Å². The van der Waals surface area contributed by atoms with Gasteiger partial charge in [-0.05, 0) is 42.5 Å². The van der Waals surface area contributed by atoms with Crippen LogP contribution in [0, 0.1) is 5.82 Å². The fraction of sp³-hybridized carbons (Fsp3) is 0.292. The molecule has 0 aliphatic carbocycles. The number of methoxy groups -OCH3 is 1. The van der Waals surface area contributed by atoms with E-state index in [2.05, 4.69) is 25.9 Å². The summed E-state index contributed by atoms with van der Waals surface area (Å²) >= 11 is 0. The number of aromatic nitrogens is 2. The summed E-state index contributed by atoms with van der Waals surface area (Å²) < 4.78 is 30.6. The van der Waals surface area contributed by atoms with Gasteiger partial charge in [-0.2, -0.15) is 0 Å². The van der Waals surface area contributed by atoms with Crippen LogP contribution in [0.1, 0.15) is 0 Å². The molecule has 2 amide bonds. The minimum atomic E-state index is -0.342. The average Bonchev–Trinajstić information content (AvgIpc) is 3.43. The molecule has 0 unspecified atom stereocenters. The molecular weight excluding hydrogens is 441 g/mol. The van der Waals surface area contributed by atoms with E-state index in [4.69, 9.17) is 14.2 Å². The Hall–Kier alpha value is -3.76. The van der Waals surface area contributed by atoms with Crippen molar-refractivity contribution in [2.75, 3.05) is 31.0 Å². The minimum Gasteiger partial charge on any atom is -0.497 e. The molecule has 0 radical (unpaired) electrons. The van der Waals surface area contributed by atoms with Crippen LogP contribution in [-0.2, 0) is 9.47 Å². The van der Waals surface area contributed by atoms with Gasteiger partial charge in [-0.15, -0.1) is 0 Å². The fourth-order valence-corrected chi connectivity index (χ4v) is 4.16. The molecule has 2 aliphatic rings. The summed E-state index contributed by atoms with van der Waals surface area (Å²) in [5.41, 5.74) is 1.92. The van der Waals surface area contributed by atoms with Gasteiger partial charge in [0.05, 0.1) is 38.1 Å².